The zero-order valence-electron chi connectivity index (χ0n) is 9.04. The molecule has 2 nitrogen and oxygen atoms in total. The van der Waals surface area contributed by atoms with E-state index in [0.717, 1.165) is 6.54 Å². The Labute approximate surface area is 89.2 Å². The predicted octanol–water partition coefficient (Wildman–Crippen LogP) is 1.03. The van der Waals surface area contributed by atoms with Gasteiger partial charge in [0.15, 0.2) is 0 Å². The second-order valence-corrected chi connectivity index (χ2v) is 4.21. The van der Waals surface area contributed by atoms with Gasteiger partial charge in [-0.05, 0) is 35.9 Å². The number of nitrogens with zero attached hydrogens (tertiary/aromatic N) is 1. The van der Waals surface area contributed by atoms with E-state index in [2.05, 4.69) is 54.7 Å². The van der Waals surface area contributed by atoms with Crippen molar-refractivity contribution >= 4 is 23.5 Å². The summed E-state index contributed by atoms with van der Waals surface area (Å²) in [7, 11) is 2.10. The molecule has 0 aromatic heterocycles. The van der Waals surface area contributed by atoms with Crippen LogP contribution < -0.4 is 20.7 Å². The number of hydrogen-bond acceptors (Lipinski definition) is 2. The molecule has 1 aromatic rings. The number of allylic oxidation sites excluding steroid dienone is 1. The molecule has 15 heavy (non-hydrogen) atoms. The Kier molecular flexibility index (Phi) is 1.66. The van der Waals surface area contributed by atoms with Crippen molar-refractivity contribution in [3.8, 4) is 0 Å². The van der Waals surface area contributed by atoms with E-state index in [9.17, 15) is 0 Å². The topological polar surface area (TPSA) is 15.3 Å². The summed E-state index contributed by atoms with van der Waals surface area (Å²) in [6, 6.07) is 4.49. The lowest BCUT2D eigenvalue weighted by Gasteiger charge is -2.20. The van der Waals surface area contributed by atoms with Crippen LogP contribution in [0.25, 0.3) is 12.2 Å². The molecule has 2 heteroatoms. The van der Waals surface area contributed by atoms with Crippen LogP contribution in [0, 0.1) is 0 Å². The molecule has 0 bridgehead atoms. The van der Waals surface area contributed by atoms with Crippen molar-refractivity contribution in [1.29, 1.82) is 0 Å². The van der Waals surface area contributed by atoms with Crippen molar-refractivity contribution < 1.29 is 0 Å². The van der Waals surface area contributed by atoms with Gasteiger partial charge in [0.25, 0.3) is 0 Å². The molecule has 0 amide bonds. The van der Waals surface area contributed by atoms with Crippen LogP contribution in [0.2, 0.25) is 0 Å². The van der Waals surface area contributed by atoms with Crippen molar-refractivity contribution in [1.82, 2.24) is 0 Å². The second-order valence-electron chi connectivity index (χ2n) is 4.21. The normalized spacial score (nSPS) is 16.9. The molecule has 0 atom stereocenters. The minimum atomic E-state index is 0.953. The molecule has 0 saturated carbocycles. The highest BCUT2D eigenvalue weighted by Gasteiger charge is 2.09. The Morgan fingerprint density at radius 3 is 3.00 bits per heavy atom. The predicted molar refractivity (Wildman–Crippen MR) is 65.3 cm³/mol. The molecule has 1 N–H and O–H groups in total. The van der Waals surface area contributed by atoms with Gasteiger partial charge >= 0.3 is 0 Å². The number of nitrogens with one attached hydrogen (secondary N) is 1. The average Bonchev–Trinajstić information content (AvgIpc) is 2.61. The summed E-state index contributed by atoms with van der Waals surface area (Å²) in [5.74, 6) is 0. The zero-order chi connectivity index (χ0) is 10.4. The molecule has 2 aliphatic rings. The first-order valence-corrected chi connectivity index (χ1v) is 5.25. The van der Waals surface area contributed by atoms with E-state index in [0.29, 0.717) is 0 Å². The first-order valence-electron chi connectivity index (χ1n) is 5.25. The van der Waals surface area contributed by atoms with E-state index in [1.54, 1.807) is 0 Å². The Morgan fingerprint density at radius 1 is 1.27 bits per heavy atom. The maximum absolute atomic E-state index is 3.37. The Morgan fingerprint density at radius 2 is 2.13 bits per heavy atom. The molecule has 3 rings (SSSR count). The van der Waals surface area contributed by atoms with Crippen LogP contribution in [0.15, 0.2) is 23.9 Å². The van der Waals surface area contributed by atoms with Gasteiger partial charge in [0.2, 0.25) is 0 Å². The van der Waals surface area contributed by atoms with E-state index in [1.807, 2.05) is 0 Å². The summed E-state index contributed by atoms with van der Waals surface area (Å²) < 4.78 is 0. The molecule has 0 radical (unpaired) electrons. The fourth-order valence-corrected chi connectivity index (χ4v) is 2.29. The van der Waals surface area contributed by atoms with Gasteiger partial charge in [-0.1, -0.05) is 6.08 Å². The van der Waals surface area contributed by atoms with Crippen LogP contribution in [0.1, 0.15) is 6.92 Å². The molecule has 0 saturated heterocycles. The van der Waals surface area contributed by atoms with Crippen LogP contribution in [0.5, 0.6) is 0 Å². The summed E-state index contributed by atoms with van der Waals surface area (Å²) >= 11 is 0. The average molecular weight is 198 g/mol. The number of hydrogen-bond donors (Lipinski definition) is 1. The lowest BCUT2D eigenvalue weighted by Crippen LogP contribution is -2.24. The largest absolute Gasteiger partial charge is 0.381 e. The van der Waals surface area contributed by atoms with Gasteiger partial charge in [0, 0.05) is 36.4 Å². The van der Waals surface area contributed by atoms with Crippen LogP contribution in [-0.2, 0) is 0 Å². The fourth-order valence-electron chi connectivity index (χ4n) is 2.29. The molecule has 0 unspecified atom stereocenters. The van der Waals surface area contributed by atoms with Crippen molar-refractivity contribution in [2.24, 2.45) is 0 Å². The molecule has 1 aromatic carbocycles. The van der Waals surface area contributed by atoms with Gasteiger partial charge in [-0.15, -0.1) is 0 Å². The summed E-state index contributed by atoms with van der Waals surface area (Å²) in [6.45, 7) is 3.08. The minimum absolute atomic E-state index is 0.953. The van der Waals surface area contributed by atoms with Crippen LogP contribution in [0.4, 0.5) is 11.4 Å². The van der Waals surface area contributed by atoms with Gasteiger partial charge in [-0.25, -0.2) is 0 Å². The maximum Gasteiger partial charge on any atom is 0.0484 e. The van der Waals surface area contributed by atoms with Crippen molar-refractivity contribution in [3.05, 3.63) is 34.3 Å². The third kappa shape index (κ3) is 1.25. The van der Waals surface area contributed by atoms with Gasteiger partial charge < -0.3 is 10.2 Å². The minimum Gasteiger partial charge on any atom is -0.381 e. The lowest BCUT2D eigenvalue weighted by atomic mass is 10.1. The summed E-state index contributed by atoms with van der Waals surface area (Å²) in [4.78, 5) is 2.19. The van der Waals surface area contributed by atoms with Gasteiger partial charge in [0.05, 0.1) is 0 Å². The number of rotatable bonds is 0. The maximum atomic E-state index is 3.37. The molecule has 0 fully saturated rings. The third-order valence-corrected chi connectivity index (χ3v) is 2.97. The zero-order valence-corrected chi connectivity index (χ0v) is 9.04. The quantitative estimate of drug-likeness (QED) is 0.669. The number of benzene rings is 1. The summed E-state index contributed by atoms with van der Waals surface area (Å²) in [5, 5.41) is 5.99. The van der Waals surface area contributed by atoms with Crippen molar-refractivity contribution in [2.75, 3.05) is 23.8 Å². The highest BCUT2D eigenvalue weighted by molar-refractivity contribution is 5.70. The van der Waals surface area contributed by atoms with Crippen LogP contribution in [-0.4, -0.2) is 13.6 Å². The van der Waals surface area contributed by atoms with E-state index >= 15 is 0 Å². The highest BCUT2D eigenvalue weighted by atomic mass is 15.1. The van der Waals surface area contributed by atoms with Crippen LogP contribution >= 0.6 is 0 Å². The summed E-state index contributed by atoms with van der Waals surface area (Å²) in [6.07, 6.45) is 6.63. The highest BCUT2D eigenvalue weighted by Crippen LogP contribution is 2.15. The molecule has 2 heterocycles. The molecular formula is C13H14N2. The summed E-state index contributed by atoms with van der Waals surface area (Å²) in [5.41, 5.74) is 3.85. The van der Waals surface area contributed by atoms with Gasteiger partial charge in [0.1, 0.15) is 0 Å². The molecular weight excluding hydrogens is 184 g/mol. The van der Waals surface area contributed by atoms with Gasteiger partial charge in [-0.3, -0.25) is 0 Å². The van der Waals surface area contributed by atoms with E-state index in [4.69, 9.17) is 0 Å². The van der Waals surface area contributed by atoms with E-state index in [-0.39, 0.29) is 0 Å². The smallest absolute Gasteiger partial charge is 0.0484 e. The van der Waals surface area contributed by atoms with E-state index < -0.39 is 0 Å². The standard InChI is InChI=1S/C13H14N2/c1-9-5-11-6-12-10(3-4-14-12)7-13(11)15(2)8-9/h3,5-8,14H,4H2,1-2H3. The number of fused-ring (bicyclic) bond motifs is 2. The first kappa shape index (κ1) is 8.60. The SMILES string of the molecule is CC1=CN(C)c2cc3c(cc2=C1)NCC=3. The monoisotopic (exact) mass is 198 g/mol. The second kappa shape index (κ2) is 2.89. The van der Waals surface area contributed by atoms with Crippen molar-refractivity contribution in [2.45, 2.75) is 6.92 Å². The molecule has 2 aliphatic heterocycles. The van der Waals surface area contributed by atoms with E-state index in [1.165, 1.54) is 27.4 Å². The molecule has 76 valence electrons. The molecule has 0 spiro atoms. The Hall–Kier alpha value is -1.70. The first-order chi connectivity index (χ1) is 7.24. The van der Waals surface area contributed by atoms with Gasteiger partial charge in [-0.2, -0.15) is 0 Å². The van der Waals surface area contributed by atoms with Crippen molar-refractivity contribution in [3.63, 3.8) is 0 Å². The number of anilines is 2. The molecule has 0 aliphatic carbocycles. The Bertz CT molecular complexity index is 567. The Balaban J connectivity index is 2.33. The third-order valence-electron chi connectivity index (χ3n) is 2.97. The van der Waals surface area contributed by atoms with Crippen LogP contribution in [0.3, 0.4) is 0 Å². The fraction of sp³-hybridized carbons (Fsp3) is 0.231. The lowest BCUT2D eigenvalue weighted by molar-refractivity contribution is 1.15.